The number of anilines is 1. The minimum atomic E-state index is -1.11. The molecule has 1 amide bonds. The van der Waals surface area contributed by atoms with Gasteiger partial charge >= 0.3 is 5.97 Å². The van der Waals surface area contributed by atoms with Crippen LogP contribution in [0.2, 0.25) is 0 Å². The van der Waals surface area contributed by atoms with Gasteiger partial charge in [0, 0.05) is 12.0 Å². The van der Waals surface area contributed by atoms with Gasteiger partial charge in [-0.3, -0.25) is 19.7 Å². The van der Waals surface area contributed by atoms with Gasteiger partial charge in [-0.1, -0.05) is 72.8 Å². The molecule has 0 aliphatic rings. The van der Waals surface area contributed by atoms with Crippen molar-refractivity contribution in [2.45, 2.75) is 25.4 Å². The van der Waals surface area contributed by atoms with Gasteiger partial charge in [0.1, 0.15) is 5.69 Å². The van der Waals surface area contributed by atoms with Gasteiger partial charge in [-0.05, 0) is 24.1 Å². The summed E-state index contributed by atoms with van der Waals surface area (Å²) in [4.78, 5) is 35.6. The van der Waals surface area contributed by atoms with E-state index in [0.29, 0.717) is 0 Å². The van der Waals surface area contributed by atoms with Gasteiger partial charge < -0.3 is 10.1 Å². The molecule has 3 rings (SSSR count). The third-order valence-electron chi connectivity index (χ3n) is 4.81. The Morgan fingerprint density at radius 1 is 0.903 bits per heavy atom. The lowest BCUT2D eigenvalue weighted by Gasteiger charge is -2.19. The van der Waals surface area contributed by atoms with E-state index >= 15 is 0 Å². The number of hydrogen-bond donors (Lipinski definition) is 1. The first-order chi connectivity index (χ1) is 15.0. The summed E-state index contributed by atoms with van der Waals surface area (Å²) < 4.78 is 5.34. The first-order valence-corrected chi connectivity index (χ1v) is 9.79. The molecule has 7 nitrogen and oxygen atoms in total. The van der Waals surface area contributed by atoms with E-state index in [1.807, 2.05) is 60.7 Å². The summed E-state index contributed by atoms with van der Waals surface area (Å²) in [7, 11) is 0. The van der Waals surface area contributed by atoms with E-state index in [0.717, 1.165) is 11.1 Å². The van der Waals surface area contributed by atoms with Gasteiger partial charge in [0.25, 0.3) is 11.6 Å². The van der Waals surface area contributed by atoms with E-state index in [1.165, 1.54) is 25.1 Å². The average Bonchev–Trinajstić information content (AvgIpc) is 2.78. The number of hydrogen-bond acceptors (Lipinski definition) is 5. The van der Waals surface area contributed by atoms with Crippen molar-refractivity contribution in [3.8, 4) is 0 Å². The molecule has 0 aliphatic heterocycles. The Balaban J connectivity index is 1.68. The molecule has 0 radical (unpaired) electrons. The number of nitrogens with zero attached hydrogens (tertiary/aromatic N) is 1. The Morgan fingerprint density at radius 3 is 1.97 bits per heavy atom. The molecule has 0 saturated carbocycles. The predicted octanol–water partition coefficient (Wildman–Crippen LogP) is 4.69. The van der Waals surface area contributed by atoms with Gasteiger partial charge in [0.05, 0.1) is 11.3 Å². The molecular weight excluding hydrogens is 396 g/mol. The van der Waals surface area contributed by atoms with Crippen molar-refractivity contribution in [1.82, 2.24) is 0 Å². The van der Waals surface area contributed by atoms with Crippen LogP contribution in [0, 0.1) is 10.1 Å². The van der Waals surface area contributed by atoms with Crippen LogP contribution in [0.25, 0.3) is 0 Å². The van der Waals surface area contributed by atoms with Crippen molar-refractivity contribution in [3.05, 3.63) is 106 Å². The maximum absolute atomic E-state index is 12.6. The number of rotatable bonds is 8. The SMILES string of the molecule is C[C@H](OC(=O)CC(c1ccccc1)c1ccccc1)C(=O)Nc1ccccc1[N+](=O)[O-]. The molecule has 0 spiro atoms. The minimum absolute atomic E-state index is 0.0480. The van der Waals surface area contributed by atoms with Crippen LogP contribution in [0.3, 0.4) is 0 Å². The predicted molar refractivity (Wildman–Crippen MR) is 117 cm³/mol. The van der Waals surface area contributed by atoms with Gasteiger partial charge in [-0.15, -0.1) is 0 Å². The molecular formula is C24H22N2O5. The standard InChI is InChI=1S/C24H22N2O5/c1-17(24(28)25-21-14-8-9-15-22(21)26(29)30)31-23(27)16-20(18-10-4-2-5-11-18)19-12-6-3-7-13-19/h2-15,17,20H,16H2,1H3,(H,25,28)/t17-/m0/s1. The van der Waals surface area contributed by atoms with E-state index in [2.05, 4.69) is 5.32 Å². The van der Waals surface area contributed by atoms with E-state index in [1.54, 1.807) is 6.07 Å². The van der Waals surface area contributed by atoms with Crippen LogP contribution >= 0.6 is 0 Å². The highest BCUT2D eigenvalue weighted by Gasteiger charge is 2.24. The fraction of sp³-hybridized carbons (Fsp3) is 0.167. The molecule has 0 saturated heterocycles. The summed E-state index contributed by atoms with van der Waals surface area (Å²) in [6, 6.07) is 25.0. The molecule has 0 unspecified atom stereocenters. The first kappa shape index (κ1) is 21.7. The number of carbonyl (C=O) groups excluding carboxylic acids is 2. The average molecular weight is 418 g/mol. The number of para-hydroxylation sites is 2. The molecule has 158 valence electrons. The van der Waals surface area contributed by atoms with Crippen LogP contribution in [0.1, 0.15) is 30.4 Å². The summed E-state index contributed by atoms with van der Waals surface area (Å²) in [6.45, 7) is 1.43. The summed E-state index contributed by atoms with van der Waals surface area (Å²) in [5, 5.41) is 13.6. The quantitative estimate of drug-likeness (QED) is 0.325. The number of carbonyl (C=O) groups is 2. The van der Waals surface area contributed by atoms with Gasteiger partial charge in [0.2, 0.25) is 0 Å². The van der Waals surface area contributed by atoms with E-state index in [-0.39, 0.29) is 23.7 Å². The Bertz CT molecular complexity index is 1010. The highest BCUT2D eigenvalue weighted by Crippen LogP contribution is 2.28. The highest BCUT2D eigenvalue weighted by atomic mass is 16.6. The Kier molecular flexibility index (Phi) is 7.11. The largest absolute Gasteiger partial charge is 0.453 e. The van der Waals surface area contributed by atoms with Crippen molar-refractivity contribution in [2.75, 3.05) is 5.32 Å². The number of ether oxygens (including phenoxy) is 1. The Labute approximate surface area is 179 Å². The molecule has 1 atom stereocenters. The zero-order chi connectivity index (χ0) is 22.2. The molecule has 0 bridgehead atoms. The van der Waals surface area contributed by atoms with E-state index < -0.39 is 22.9 Å². The lowest BCUT2D eigenvalue weighted by molar-refractivity contribution is -0.383. The lowest BCUT2D eigenvalue weighted by Crippen LogP contribution is -2.30. The summed E-state index contributed by atoms with van der Waals surface area (Å²) in [5.41, 5.74) is 1.74. The molecule has 3 aromatic carbocycles. The second kappa shape index (κ2) is 10.2. The molecule has 0 fully saturated rings. The van der Waals surface area contributed by atoms with Crippen LogP contribution in [0.4, 0.5) is 11.4 Å². The van der Waals surface area contributed by atoms with Gasteiger partial charge in [-0.25, -0.2) is 0 Å². The molecule has 0 aromatic heterocycles. The van der Waals surface area contributed by atoms with Crippen molar-refractivity contribution >= 4 is 23.3 Å². The van der Waals surface area contributed by atoms with Crippen LogP contribution < -0.4 is 5.32 Å². The zero-order valence-electron chi connectivity index (χ0n) is 16.9. The van der Waals surface area contributed by atoms with Crippen molar-refractivity contribution in [2.24, 2.45) is 0 Å². The van der Waals surface area contributed by atoms with E-state index in [4.69, 9.17) is 4.74 Å². The molecule has 7 heteroatoms. The maximum atomic E-state index is 12.6. The van der Waals surface area contributed by atoms with Gasteiger partial charge in [-0.2, -0.15) is 0 Å². The minimum Gasteiger partial charge on any atom is -0.453 e. The Hall–Kier alpha value is -4.00. The molecule has 1 N–H and O–H groups in total. The van der Waals surface area contributed by atoms with Crippen LogP contribution in [-0.4, -0.2) is 22.9 Å². The fourth-order valence-electron chi connectivity index (χ4n) is 3.24. The normalized spacial score (nSPS) is 11.5. The summed E-state index contributed by atoms with van der Waals surface area (Å²) in [5.74, 6) is -1.40. The van der Waals surface area contributed by atoms with Crippen molar-refractivity contribution in [3.63, 3.8) is 0 Å². The maximum Gasteiger partial charge on any atom is 0.307 e. The van der Waals surface area contributed by atoms with Crippen molar-refractivity contribution < 1.29 is 19.2 Å². The van der Waals surface area contributed by atoms with Crippen LogP contribution in [-0.2, 0) is 14.3 Å². The van der Waals surface area contributed by atoms with Crippen molar-refractivity contribution in [1.29, 1.82) is 0 Å². The fourth-order valence-corrected chi connectivity index (χ4v) is 3.24. The monoisotopic (exact) mass is 418 g/mol. The molecule has 31 heavy (non-hydrogen) atoms. The van der Waals surface area contributed by atoms with Crippen LogP contribution in [0.5, 0.6) is 0 Å². The highest BCUT2D eigenvalue weighted by molar-refractivity contribution is 5.96. The smallest absolute Gasteiger partial charge is 0.307 e. The number of benzene rings is 3. The number of amides is 1. The molecule has 0 aliphatic carbocycles. The number of nitro benzene ring substituents is 1. The first-order valence-electron chi connectivity index (χ1n) is 9.79. The topological polar surface area (TPSA) is 98.5 Å². The molecule has 0 heterocycles. The van der Waals surface area contributed by atoms with Gasteiger partial charge in [0.15, 0.2) is 6.10 Å². The molecule has 3 aromatic rings. The third kappa shape index (κ3) is 5.76. The third-order valence-corrected chi connectivity index (χ3v) is 4.81. The second-order valence-electron chi connectivity index (χ2n) is 6.97. The number of esters is 1. The second-order valence-corrected chi connectivity index (χ2v) is 6.97. The van der Waals surface area contributed by atoms with E-state index in [9.17, 15) is 19.7 Å². The number of nitrogens with one attached hydrogen (secondary N) is 1. The Morgan fingerprint density at radius 2 is 1.42 bits per heavy atom. The lowest BCUT2D eigenvalue weighted by atomic mass is 9.88. The van der Waals surface area contributed by atoms with Crippen LogP contribution in [0.15, 0.2) is 84.9 Å². The zero-order valence-corrected chi connectivity index (χ0v) is 16.9. The number of nitro groups is 1. The summed E-state index contributed by atoms with van der Waals surface area (Å²) >= 11 is 0. The summed E-state index contributed by atoms with van der Waals surface area (Å²) in [6.07, 6.45) is -1.06.